The maximum absolute atomic E-state index is 12.1. The molecule has 1 aromatic heterocycles. The molecule has 1 unspecified atom stereocenters. The molecule has 2 aromatic rings. The number of benzene rings is 1. The monoisotopic (exact) mass is 403 g/mol. The molecule has 0 saturated heterocycles. The predicted molar refractivity (Wildman–Crippen MR) is 104 cm³/mol. The molecule has 1 aliphatic carbocycles. The van der Waals surface area contributed by atoms with Crippen LogP contribution in [0.4, 0.5) is 0 Å². The van der Waals surface area contributed by atoms with Gasteiger partial charge in [-0.3, -0.25) is 9.78 Å². The minimum absolute atomic E-state index is 0.0369. The topological polar surface area (TPSA) is 87.5 Å². The van der Waals surface area contributed by atoms with E-state index in [4.69, 9.17) is 23.2 Å². The fourth-order valence-electron chi connectivity index (χ4n) is 3.14. The summed E-state index contributed by atoms with van der Waals surface area (Å²) >= 11 is 12.4. The van der Waals surface area contributed by atoms with Crippen LogP contribution in [0.25, 0.3) is 16.8 Å². The number of carboxylic acids is 2. The van der Waals surface area contributed by atoms with Crippen LogP contribution < -0.4 is 0 Å². The Labute approximate surface area is 165 Å². The number of allylic oxidation sites excluding steroid dienone is 2. The van der Waals surface area contributed by atoms with Crippen molar-refractivity contribution in [1.82, 2.24) is 4.98 Å². The van der Waals surface area contributed by atoms with Gasteiger partial charge in [-0.1, -0.05) is 41.4 Å². The van der Waals surface area contributed by atoms with E-state index in [-0.39, 0.29) is 12.0 Å². The lowest BCUT2D eigenvalue weighted by Gasteiger charge is -2.32. The molecular weight excluding hydrogens is 389 g/mol. The number of nitrogens with zero attached hydrogens (tertiary/aromatic N) is 1. The van der Waals surface area contributed by atoms with Crippen molar-refractivity contribution >= 4 is 40.7 Å². The fraction of sp³-hybridized carbons (Fsp3) is 0.150. The van der Waals surface area contributed by atoms with Gasteiger partial charge >= 0.3 is 11.9 Å². The lowest BCUT2D eigenvalue weighted by atomic mass is 9.70. The van der Waals surface area contributed by atoms with Crippen LogP contribution in [0.1, 0.15) is 18.9 Å². The fourth-order valence-corrected chi connectivity index (χ4v) is 3.52. The van der Waals surface area contributed by atoms with Crippen molar-refractivity contribution < 1.29 is 19.8 Å². The minimum atomic E-state index is -1.43. The maximum atomic E-state index is 12.1. The predicted octanol–water partition coefficient (Wildman–Crippen LogP) is 4.94. The number of carboxylic acid groups (broad SMARTS) is 2. The van der Waals surface area contributed by atoms with Gasteiger partial charge in [0, 0.05) is 27.9 Å². The second-order valence-corrected chi connectivity index (χ2v) is 7.26. The molecule has 27 heavy (non-hydrogen) atoms. The van der Waals surface area contributed by atoms with Crippen molar-refractivity contribution in [3.05, 3.63) is 69.9 Å². The van der Waals surface area contributed by atoms with Crippen LogP contribution in [0, 0.1) is 5.41 Å². The van der Waals surface area contributed by atoms with E-state index in [1.54, 1.807) is 36.5 Å². The molecule has 0 aliphatic heterocycles. The van der Waals surface area contributed by atoms with Crippen molar-refractivity contribution in [2.24, 2.45) is 5.41 Å². The van der Waals surface area contributed by atoms with Crippen LogP contribution in [0.2, 0.25) is 10.0 Å². The van der Waals surface area contributed by atoms with Crippen LogP contribution >= 0.6 is 23.2 Å². The van der Waals surface area contributed by atoms with Gasteiger partial charge in [0.05, 0.1) is 16.1 Å². The lowest BCUT2D eigenvalue weighted by Crippen LogP contribution is -2.32. The molecule has 1 atom stereocenters. The summed E-state index contributed by atoms with van der Waals surface area (Å²) in [5.74, 6) is -2.25. The summed E-state index contributed by atoms with van der Waals surface area (Å²) in [6.07, 6.45) is 4.40. The van der Waals surface area contributed by atoms with Crippen molar-refractivity contribution in [2.45, 2.75) is 13.3 Å². The molecule has 0 saturated carbocycles. The summed E-state index contributed by atoms with van der Waals surface area (Å²) in [7, 11) is 0. The Kier molecular flexibility index (Phi) is 5.09. The third-order valence-corrected chi connectivity index (χ3v) is 5.18. The second kappa shape index (κ2) is 7.18. The van der Waals surface area contributed by atoms with E-state index in [0.717, 1.165) is 0 Å². The summed E-state index contributed by atoms with van der Waals surface area (Å²) in [5.41, 5.74) is 0.685. The van der Waals surface area contributed by atoms with Gasteiger partial charge in [-0.05, 0) is 43.2 Å². The standard InChI is InChI=1S/C20H15Cl2NO4/c1-20(19(26)27)10-11(18(24)25)4-6-15(20)13-3-2-8-23-17(13)14-9-12(21)5-7-16(14)22/h2-9H,10H2,1H3,(H,24,25)(H,26,27). The van der Waals surface area contributed by atoms with Gasteiger partial charge in [-0.15, -0.1) is 0 Å². The number of aliphatic carboxylic acids is 2. The third kappa shape index (κ3) is 3.48. The number of halogens is 2. The van der Waals surface area contributed by atoms with E-state index < -0.39 is 17.4 Å². The van der Waals surface area contributed by atoms with E-state index in [1.807, 2.05) is 0 Å². The Morgan fingerprint density at radius 3 is 2.52 bits per heavy atom. The van der Waals surface area contributed by atoms with E-state index in [0.29, 0.717) is 32.4 Å². The quantitative estimate of drug-likeness (QED) is 0.754. The number of carbonyl (C=O) groups is 2. The van der Waals surface area contributed by atoms with Crippen molar-refractivity contribution in [1.29, 1.82) is 0 Å². The average molecular weight is 404 g/mol. The molecule has 0 radical (unpaired) electrons. The highest BCUT2D eigenvalue weighted by atomic mass is 35.5. The van der Waals surface area contributed by atoms with Gasteiger partial charge in [0.25, 0.3) is 0 Å². The SMILES string of the molecule is CC1(C(=O)O)CC(C(=O)O)=CC=C1c1cccnc1-c1cc(Cl)ccc1Cl. The molecule has 5 nitrogen and oxygen atoms in total. The smallest absolute Gasteiger partial charge is 0.331 e. The van der Waals surface area contributed by atoms with Crippen LogP contribution in [-0.2, 0) is 9.59 Å². The Morgan fingerprint density at radius 2 is 1.85 bits per heavy atom. The average Bonchev–Trinajstić information content (AvgIpc) is 2.63. The molecular formula is C20H15Cl2NO4. The molecule has 0 spiro atoms. The zero-order chi connectivity index (χ0) is 19.8. The summed E-state index contributed by atoms with van der Waals surface area (Å²) in [4.78, 5) is 27.8. The Bertz CT molecular complexity index is 1010. The zero-order valence-corrected chi connectivity index (χ0v) is 15.8. The molecule has 1 aliphatic rings. The first-order chi connectivity index (χ1) is 12.7. The number of hydrogen-bond donors (Lipinski definition) is 2. The minimum Gasteiger partial charge on any atom is -0.481 e. The van der Waals surface area contributed by atoms with Gasteiger partial charge < -0.3 is 10.2 Å². The highest BCUT2D eigenvalue weighted by Gasteiger charge is 2.42. The van der Waals surface area contributed by atoms with Crippen molar-refractivity contribution in [2.75, 3.05) is 0 Å². The van der Waals surface area contributed by atoms with Crippen molar-refractivity contribution in [3.8, 4) is 11.3 Å². The van der Waals surface area contributed by atoms with Gasteiger partial charge in [-0.2, -0.15) is 0 Å². The van der Waals surface area contributed by atoms with Gasteiger partial charge in [0.2, 0.25) is 0 Å². The number of aromatic nitrogens is 1. The normalized spacial score (nSPS) is 19.2. The molecule has 0 fully saturated rings. The summed E-state index contributed by atoms with van der Waals surface area (Å²) in [6.45, 7) is 1.51. The highest BCUT2D eigenvalue weighted by Crippen LogP contribution is 2.46. The number of rotatable bonds is 4. The molecule has 3 rings (SSSR count). The van der Waals surface area contributed by atoms with Crippen LogP contribution in [0.5, 0.6) is 0 Å². The third-order valence-electron chi connectivity index (χ3n) is 4.62. The first kappa shape index (κ1) is 19.1. The van der Waals surface area contributed by atoms with Crippen LogP contribution in [-0.4, -0.2) is 27.1 Å². The van der Waals surface area contributed by atoms with E-state index >= 15 is 0 Å². The van der Waals surface area contributed by atoms with Gasteiger partial charge in [-0.25, -0.2) is 4.79 Å². The van der Waals surface area contributed by atoms with Crippen LogP contribution in [0.3, 0.4) is 0 Å². The first-order valence-electron chi connectivity index (χ1n) is 8.03. The molecule has 0 amide bonds. The summed E-state index contributed by atoms with van der Waals surface area (Å²) in [6, 6.07) is 8.39. The Hall–Kier alpha value is -2.63. The Balaban J connectivity index is 2.26. The number of hydrogen-bond acceptors (Lipinski definition) is 3. The molecule has 1 heterocycles. The molecule has 2 N–H and O–H groups in total. The van der Waals surface area contributed by atoms with E-state index in [2.05, 4.69) is 4.98 Å². The first-order valence-corrected chi connectivity index (χ1v) is 8.78. The largest absolute Gasteiger partial charge is 0.481 e. The number of pyridine rings is 1. The summed E-state index contributed by atoms with van der Waals surface area (Å²) in [5, 5.41) is 20.0. The Morgan fingerprint density at radius 1 is 1.11 bits per heavy atom. The van der Waals surface area contributed by atoms with Crippen molar-refractivity contribution in [3.63, 3.8) is 0 Å². The van der Waals surface area contributed by atoms with Gasteiger partial charge in [0.1, 0.15) is 0 Å². The lowest BCUT2D eigenvalue weighted by molar-refractivity contribution is -0.144. The highest BCUT2D eigenvalue weighted by molar-refractivity contribution is 6.35. The molecule has 0 bridgehead atoms. The molecule has 1 aromatic carbocycles. The van der Waals surface area contributed by atoms with E-state index in [1.165, 1.54) is 19.1 Å². The molecule has 7 heteroatoms. The zero-order valence-electron chi connectivity index (χ0n) is 14.2. The maximum Gasteiger partial charge on any atom is 0.331 e. The summed E-state index contributed by atoms with van der Waals surface area (Å²) < 4.78 is 0. The van der Waals surface area contributed by atoms with E-state index in [9.17, 15) is 19.8 Å². The molecule has 138 valence electrons. The van der Waals surface area contributed by atoms with Crippen LogP contribution in [0.15, 0.2) is 54.3 Å². The second-order valence-electron chi connectivity index (χ2n) is 6.42. The van der Waals surface area contributed by atoms with Gasteiger partial charge in [0.15, 0.2) is 0 Å².